The minimum Gasteiger partial charge on any atom is -0.298 e. The summed E-state index contributed by atoms with van der Waals surface area (Å²) in [7, 11) is 0. The molecule has 1 rings (SSSR count). The van der Waals surface area contributed by atoms with E-state index in [1.807, 2.05) is 0 Å². The molecule has 2 heteroatoms. The van der Waals surface area contributed by atoms with Gasteiger partial charge in [0.15, 0.2) is 0 Å². The number of halogens is 1. The highest BCUT2D eigenvalue weighted by molar-refractivity contribution is 9.10. The smallest absolute Gasteiger partial charge is 0.146 e. The molecule has 0 radical (unpaired) electrons. The Hall–Kier alpha value is 0.150. The van der Waals surface area contributed by atoms with E-state index in [0.29, 0.717) is 5.78 Å². The Morgan fingerprint density at radius 2 is 2.43 bits per heavy atom. The summed E-state index contributed by atoms with van der Waals surface area (Å²) in [6.07, 6.45) is 2.91. The number of hydrogen-bond donors (Lipinski definition) is 0. The number of carbonyl (C=O) groups excluding carboxylic acids is 1. The molecular weight excluding hydrogens is 156 g/mol. The number of carbonyl (C=O) groups is 1. The molecule has 0 aromatic carbocycles. The lowest BCUT2D eigenvalue weighted by Gasteiger charge is -1.88. The summed E-state index contributed by atoms with van der Waals surface area (Å²) < 4.78 is 0. The topological polar surface area (TPSA) is 17.1 Å². The van der Waals surface area contributed by atoms with Crippen molar-refractivity contribution < 1.29 is 4.79 Å². The Kier molecular flexibility index (Phi) is 1.47. The number of hydrogen-bond acceptors (Lipinski definition) is 1. The highest BCUT2D eigenvalue weighted by atomic mass is 79.9. The molecule has 0 aliphatic heterocycles. The zero-order chi connectivity index (χ0) is 5.28. The lowest BCUT2D eigenvalue weighted by molar-refractivity contribution is -0.116. The quantitative estimate of drug-likeness (QED) is 0.494. The average Bonchev–Trinajstić information content (AvgIpc) is 1.91. The van der Waals surface area contributed by atoms with Crippen LogP contribution in [0.25, 0.3) is 0 Å². The van der Waals surface area contributed by atoms with E-state index in [4.69, 9.17) is 0 Å². The molecule has 1 nitrogen and oxygen atoms in total. The minimum atomic E-state index is 0.187. The fraction of sp³-hybridized carbons (Fsp3) is 0.800. The van der Waals surface area contributed by atoms with Crippen LogP contribution in [0.15, 0.2) is 0 Å². The molecule has 0 aromatic heterocycles. The minimum absolute atomic E-state index is 0.187. The van der Waals surface area contributed by atoms with Crippen LogP contribution in [0.3, 0.4) is 0 Å². The van der Waals surface area contributed by atoms with Crippen molar-refractivity contribution in [1.29, 1.82) is 0 Å². The molecule has 1 atom stereocenters. The molecule has 0 amide bonds. The molecular formula is C5H7BrO. The van der Waals surface area contributed by atoms with E-state index in [-0.39, 0.29) is 4.83 Å². The predicted molar refractivity (Wildman–Crippen MR) is 31.6 cm³/mol. The summed E-state index contributed by atoms with van der Waals surface area (Å²) in [6, 6.07) is 0. The van der Waals surface area contributed by atoms with Crippen molar-refractivity contribution in [2.24, 2.45) is 0 Å². The van der Waals surface area contributed by atoms with Gasteiger partial charge in [-0.3, -0.25) is 4.79 Å². The Morgan fingerprint density at radius 1 is 1.71 bits per heavy atom. The van der Waals surface area contributed by atoms with E-state index in [1.54, 1.807) is 0 Å². The first-order valence-electron chi connectivity index (χ1n) is 2.47. The van der Waals surface area contributed by atoms with Gasteiger partial charge in [-0.1, -0.05) is 15.9 Å². The molecule has 1 aliphatic carbocycles. The van der Waals surface area contributed by atoms with Gasteiger partial charge in [-0.25, -0.2) is 0 Å². The Labute approximate surface area is 51.2 Å². The zero-order valence-corrected chi connectivity index (χ0v) is 5.57. The average molecular weight is 163 g/mol. The Morgan fingerprint density at radius 3 is 2.57 bits per heavy atom. The van der Waals surface area contributed by atoms with Gasteiger partial charge in [0.25, 0.3) is 0 Å². The van der Waals surface area contributed by atoms with Crippen molar-refractivity contribution >= 4 is 21.7 Å². The summed E-state index contributed by atoms with van der Waals surface area (Å²) >= 11 is 3.25. The van der Waals surface area contributed by atoms with Crippen molar-refractivity contribution in [3.63, 3.8) is 0 Å². The zero-order valence-electron chi connectivity index (χ0n) is 3.98. The van der Waals surface area contributed by atoms with E-state index < -0.39 is 0 Å². The van der Waals surface area contributed by atoms with Gasteiger partial charge in [0.2, 0.25) is 0 Å². The molecule has 0 unspecified atom stereocenters. The first kappa shape index (κ1) is 5.29. The van der Waals surface area contributed by atoms with Crippen LogP contribution >= 0.6 is 15.9 Å². The van der Waals surface area contributed by atoms with Crippen molar-refractivity contribution in [3.8, 4) is 0 Å². The van der Waals surface area contributed by atoms with Gasteiger partial charge in [-0.05, 0) is 12.8 Å². The maximum atomic E-state index is 10.5. The monoisotopic (exact) mass is 162 g/mol. The maximum Gasteiger partial charge on any atom is 0.146 e. The molecule has 1 saturated carbocycles. The van der Waals surface area contributed by atoms with Crippen molar-refractivity contribution in [2.75, 3.05) is 0 Å². The number of ketones is 1. The first-order chi connectivity index (χ1) is 3.30. The summed E-state index contributed by atoms with van der Waals surface area (Å²) in [6.45, 7) is 0. The van der Waals surface area contributed by atoms with Gasteiger partial charge in [0.1, 0.15) is 5.78 Å². The van der Waals surface area contributed by atoms with Crippen LogP contribution in [-0.4, -0.2) is 10.6 Å². The van der Waals surface area contributed by atoms with Crippen molar-refractivity contribution in [2.45, 2.75) is 24.1 Å². The predicted octanol–water partition coefficient (Wildman–Crippen LogP) is 1.50. The van der Waals surface area contributed by atoms with Gasteiger partial charge in [0, 0.05) is 6.42 Å². The standard InChI is InChI=1S/C5H7BrO/c6-4-2-1-3-5(4)7/h4H,1-3H2/t4-/m0/s1. The van der Waals surface area contributed by atoms with Crippen LogP contribution in [0.1, 0.15) is 19.3 Å². The molecule has 0 bridgehead atoms. The van der Waals surface area contributed by atoms with Gasteiger partial charge < -0.3 is 0 Å². The first-order valence-corrected chi connectivity index (χ1v) is 3.39. The molecule has 0 N–H and O–H groups in total. The van der Waals surface area contributed by atoms with Crippen LogP contribution < -0.4 is 0 Å². The van der Waals surface area contributed by atoms with Gasteiger partial charge >= 0.3 is 0 Å². The molecule has 0 heterocycles. The Balaban J connectivity index is 2.48. The van der Waals surface area contributed by atoms with E-state index in [1.165, 1.54) is 0 Å². The summed E-state index contributed by atoms with van der Waals surface area (Å²) in [5.41, 5.74) is 0. The maximum absolute atomic E-state index is 10.5. The molecule has 7 heavy (non-hydrogen) atoms. The number of rotatable bonds is 0. The lowest BCUT2D eigenvalue weighted by atomic mass is 10.4. The van der Waals surface area contributed by atoms with Gasteiger partial charge in [-0.2, -0.15) is 0 Å². The summed E-state index contributed by atoms with van der Waals surface area (Å²) in [5.74, 6) is 0.375. The molecule has 0 saturated heterocycles. The highest BCUT2D eigenvalue weighted by Gasteiger charge is 2.20. The molecule has 1 fully saturated rings. The fourth-order valence-corrected chi connectivity index (χ4v) is 1.33. The SMILES string of the molecule is O=C1CCC[C@@H]1Br. The van der Waals surface area contributed by atoms with E-state index in [0.717, 1.165) is 19.3 Å². The van der Waals surface area contributed by atoms with Gasteiger partial charge in [-0.15, -0.1) is 0 Å². The largest absolute Gasteiger partial charge is 0.298 e. The van der Waals surface area contributed by atoms with E-state index >= 15 is 0 Å². The van der Waals surface area contributed by atoms with E-state index in [9.17, 15) is 4.79 Å². The van der Waals surface area contributed by atoms with Crippen molar-refractivity contribution in [1.82, 2.24) is 0 Å². The van der Waals surface area contributed by atoms with Crippen LogP contribution in [0.4, 0.5) is 0 Å². The van der Waals surface area contributed by atoms with E-state index in [2.05, 4.69) is 15.9 Å². The van der Waals surface area contributed by atoms with Crippen LogP contribution in [0.2, 0.25) is 0 Å². The fourth-order valence-electron chi connectivity index (χ4n) is 0.773. The summed E-state index contributed by atoms with van der Waals surface area (Å²) in [5, 5.41) is 0. The van der Waals surface area contributed by atoms with Crippen LogP contribution in [0.5, 0.6) is 0 Å². The second-order valence-electron chi connectivity index (χ2n) is 1.83. The van der Waals surface area contributed by atoms with Crippen LogP contribution in [0, 0.1) is 0 Å². The molecule has 40 valence electrons. The van der Waals surface area contributed by atoms with Crippen LogP contribution in [-0.2, 0) is 4.79 Å². The lowest BCUT2D eigenvalue weighted by Crippen LogP contribution is -2.01. The van der Waals surface area contributed by atoms with Crippen molar-refractivity contribution in [3.05, 3.63) is 0 Å². The normalized spacial score (nSPS) is 31.6. The highest BCUT2D eigenvalue weighted by Crippen LogP contribution is 2.20. The second kappa shape index (κ2) is 1.95. The molecule has 0 spiro atoms. The third kappa shape index (κ3) is 1.03. The third-order valence-electron chi connectivity index (χ3n) is 1.23. The summed E-state index contributed by atoms with van der Waals surface area (Å²) in [4.78, 5) is 10.7. The number of Topliss-reactive ketones (excluding diaryl/α,β-unsaturated/α-hetero) is 1. The number of alkyl halides is 1. The Bertz CT molecular complexity index is 90.1. The molecule has 0 aromatic rings. The third-order valence-corrected chi connectivity index (χ3v) is 2.20. The second-order valence-corrected chi connectivity index (χ2v) is 2.93. The van der Waals surface area contributed by atoms with Gasteiger partial charge in [0.05, 0.1) is 4.83 Å². The molecule has 1 aliphatic rings.